The molecule has 4 nitrogen and oxygen atoms in total. The average Bonchev–Trinajstić information content (AvgIpc) is 3.05. The Hall–Kier alpha value is -2.46. The summed E-state index contributed by atoms with van der Waals surface area (Å²) in [5.74, 6) is 0.267. The van der Waals surface area contributed by atoms with Gasteiger partial charge in [0.05, 0.1) is 0 Å². The topological polar surface area (TPSA) is 69.9 Å². The summed E-state index contributed by atoms with van der Waals surface area (Å²) in [5, 5.41) is 27.7. The molecule has 1 fully saturated rings. The Morgan fingerprint density at radius 1 is 0.682 bits per heavy atom. The fourth-order valence-corrected chi connectivity index (χ4v) is 2.00. The summed E-state index contributed by atoms with van der Waals surface area (Å²) >= 11 is 0. The molecule has 1 saturated heterocycles. The van der Waals surface area contributed by atoms with Crippen LogP contribution < -0.4 is 0 Å². The SMILES string of the molecule is C1CCOC1.Oc1ccc(C=Cc2cc(O)cc(O)c2)cc1. The second-order valence-electron chi connectivity index (χ2n) is 5.03. The van der Waals surface area contributed by atoms with Crippen molar-refractivity contribution in [3.8, 4) is 17.2 Å². The van der Waals surface area contributed by atoms with Gasteiger partial charge < -0.3 is 20.1 Å². The Balaban J connectivity index is 0.000000299. The molecule has 0 radical (unpaired) electrons. The maximum absolute atomic E-state index is 9.30. The van der Waals surface area contributed by atoms with Crippen LogP contribution in [0.4, 0.5) is 0 Å². The number of phenols is 3. The van der Waals surface area contributed by atoms with E-state index >= 15 is 0 Å². The highest BCUT2D eigenvalue weighted by Gasteiger charge is 1.96. The molecule has 3 N–H and O–H groups in total. The van der Waals surface area contributed by atoms with Gasteiger partial charge in [-0.2, -0.15) is 0 Å². The molecule has 22 heavy (non-hydrogen) atoms. The molecular weight excluding hydrogens is 280 g/mol. The third-order valence-electron chi connectivity index (χ3n) is 3.11. The lowest BCUT2D eigenvalue weighted by Gasteiger charge is -1.98. The van der Waals surface area contributed by atoms with E-state index in [0.717, 1.165) is 18.8 Å². The van der Waals surface area contributed by atoms with Crippen LogP contribution in [0, 0.1) is 0 Å². The summed E-state index contributed by atoms with van der Waals surface area (Å²) in [6, 6.07) is 11.1. The molecule has 1 aliphatic heterocycles. The molecule has 0 saturated carbocycles. The number of hydrogen-bond donors (Lipinski definition) is 3. The summed E-state index contributed by atoms with van der Waals surface area (Å²) in [7, 11) is 0. The summed E-state index contributed by atoms with van der Waals surface area (Å²) < 4.78 is 4.94. The Labute approximate surface area is 129 Å². The zero-order valence-electron chi connectivity index (χ0n) is 12.3. The van der Waals surface area contributed by atoms with E-state index < -0.39 is 0 Å². The molecule has 0 aromatic heterocycles. The standard InChI is InChI=1S/C14H12O3.C4H8O/c15-12-5-3-10(4-6-12)1-2-11-7-13(16)9-14(17)8-11;1-2-4-5-3-1/h1-9,15-17H;1-4H2. The quantitative estimate of drug-likeness (QED) is 0.738. The first-order chi connectivity index (χ1) is 10.6. The van der Waals surface area contributed by atoms with E-state index in [2.05, 4.69) is 0 Å². The Morgan fingerprint density at radius 3 is 1.73 bits per heavy atom. The molecule has 116 valence electrons. The van der Waals surface area contributed by atoms with Crippen molar-refractivity contribution in [3.63, 3.8) is 0 Å². The molecule has 0 aliphatic carbocycles. The van der Waals surface area contributed by atoms with Crippen LogP contribution >= 0.6 is 0 Å². The monoisotopic (exact) mass is 300 g/mol. The van der Waals surface area contributed by atoms with E-state index in [1.165, 1.54) is 18.9 Å². The maximum atomic E-state index is 9.30. The Morgan fingerprint density at radius 2 is 1.23 bits per heavy atom. The minimum absolute atomic E-state index is 0.0235. The summed E-state index contributed by atoms with van der Waals surface area (Å²) in [5.41, 5.74) is 1.63. The maximum Gasteiger partial charge on any atom is 0.119 e. The number of ether oxygens (including phenoxy) is 1. The van der Waals surface area contributed by atoms with E-state index in [1.807, 2.05) is 6.08 Å². The van der Waals surface area contributed by atoms with Crippen LogP contribution in [0.25, 0.3) is 12.2 Å². The summed E-state index contributed by atoms with van der Waals surface area (Å²) in [4.78, 5) is 0. The van der Waals surface area contributed by atoms with Crippen molar-refractivity contribution in [2.45, 2.75) is 12.8 Å². The lowest BCUT2D eigenvalue weighted by Crippen LogP contribution is -1.74. The lowest BCUT2D eigenvalue weighted by atomic mass is 10.1. The number of hydrogen-bond acceptors (Lipinski definition) is 4. The summed E-state index contributed by atoms with van der Waals surface area (Å²) in [6.07, 6.45) is 6.15. The molecule has 0 amide bonds. The van der Waals surface area contributed by atoms with Crippen LogP contribution in [0.1, 0.15) is 24.0 Å². The van der Waals surface area contributed by atoms with Gasteiger partial charge in [0.1, 0.15) is 17.2 Å². The van der Waals surface area contributed by atoms with Gasteiger partial charge in [0, 0.05) is 19.3 Å². The van der Waals surface area contributed by atoms with Gasteiger partial charge in [0.25, 0.3) is 0 Å². The fourth-order valence-electron chi connectivity index (χ4n) is 2.00. The van der Waals surface area contributed by atoms with Crippen molar-refractivity contribution in [3.05, 3.63) is 53.6 Å². The molecule has 0 spiro atoms. The lowest BCUT2D eigenvalue weighted by molar-refractivity contribution is 0.198. The minimum Gasteiger partial charge on any atom is -0.508 e. The van der Waals surface area contributed by atoms with Crippen LogP contribution in [0.15, 0.2) is 42.5 Å². The molecule has 2 aromatic carbocycles. The van der Waals surface area contributed by atoms with Crippen LogP contribution in [-0.2, 0) is 4.74 Å². The highest BCUT2D eigenvalue weighted by atomic mass is 16.5. The van der Waals surface area contributed by atoms with Crippen LogP contribution in [0.5, 0.6) is 17.2 Å². The van der Waals surface area contributed by atoms with Gasteiger partial charge in [-0.15, -0.1) is 0 Å². The predicted octanol–water partition coefficient (Wildman–Crippen LogP) is 3.77. The second kappa shape index (κ2) is 8.10. The van der Waals surface area contributed by atoms with Gasteiger partial charge in [0.2, 0.25) is 0 Å². The average molecular weight is 300 g/mol. The van der Waals surface area contributed by atoms with Crippen molar-refractivity contribution >= 4 is 12.2 Å². The highest BCUT2D eigenvalue weighted by molar-refractivity contribution is 5.71. The molecule has 0 bridgehead atoms. The third-order valence-corrected chi connectivity index (χ3v) is 3.11. The molecule has 2 aromatic rings. The van der Waals surface area contributed by atoms with E-state index in [0.29, 0.717) is 5.56 Å². The molecule has 4 heteroatoms. The van der Waals surface area contributed by atoms with E-state index in [1.54, 1.807) is 42.5 Å². The number of benzene rings is 2. The molecule has 0 atom stereocenters. The van der Waals surface area contributed by atoms with Gasteiger partial charge in [0.15, 0.2) is 0 Å². The largest absolute Gasteiger partial charge is 0.508 e. The first kappa shape index (κ1) is 15.9. The van der Waals surface area contributed by atoms with Gasteiger partial charge >= 0.3 is 0 Å². The van der Waals surface area contributed by atoms with Crippen molar-refractivity contribution in [1.82, 2.24) is 0 Å². The van der Waals surface area contributed by atoms with E-state index in [9.17, 15) is 10.2 Å². The first-order valence-corrected chi connectivity index (χ1v) is 7.21. The molecule has 1 heterocycles. The zero-order chi connectivity index (χ0) is 15.8. The van der Waals surface area contributed by atoms with Crippen LogP contribution in [-0.4, -0.2) is 28.5 Å². The number of aromatic hydroxyl groups is 3. The Kier molecular flexibility index (Phi) is 5.86. The third kappa shape index (κ3) is 5.50. The number of phenolic OH excluding ortho intramolecular Hbond substituents is 3. The molecule has 0 unspecified atom stereocenters. The zero-order valence-corrected chi connectivity index (χ0v) is 12.3. The molecule has 1 aliphatic rings. The van der Waals surface area contributed by atoms with Gasteiger partial charge in [-0.05, 0) is 48.2 Å². The van der Waals surface area contributed by atoms with Gasteiger partial charge in [-0.1, -0.05) is 24.3 Å². The van der Waals surface area contributed by atoms with Crippen LogP contribution in [0.2, 0.25) is 0 Å². The van der Waals surface area contributed by atoms with Gasteiger partial charge in [-0.3, -0.25) is 0 Å². The first-order valence-electron chi connectivity index (χ1n) is 7.21. The second-order valence-corrected chi connectivity index (χ2v) is 5.03. The number of rotatable bonds is 2. The molecule has 3 rings (SSSR count). The van der Waals surface area contributed by atoms with Crippen molar-refractivity contribution < 1.29 is 20.1 Å². The van der Waals surface area contributed by atoms with Crippen molar-refractivity contribution in [1.29, 1.82) is 0 Å². The van der Waals surface area contributed by atoms with Gasteiger partial charge in [-0.25, -0.2) is 0 Å². The smallest absolute Gasteiger partial charge is 0.119 e. The van der Waals surface area contributed by atoms with E-state index in [4.69, 9.17) is 9.84 Å². The van der Waals surface area contributed by atoms with E-state index in [-0.39, 0.29) is 17.2 Å². The summed E-state index contributed by atoms with van der Waals surface area (Å²) in [6.45, 7) is 2.00. The minimum atomic E-state index is 0.0235. The van der Waals surface area contributed by atoms with Crippen LogP contribution in [0.3, 0.4) is 0 Å². The van der Waals surface area contributed by atoms with Crippen molar-refractivity contribution in [2.24, 2.45) is 0 Å². The highest BCUT2D eigenvalue weighted by Crippen LogP contribution is 2.22. The Bertz CT molecular complexity index is 586. The normalized spacial score (nSPS) is 13.8. The fraction of sp³-hybridized carbons (Fsp3) is 0.222. The van der Waals surface area contributed by atoms with Crippen molar-refractivity contribution in [2.75, 3.05) is 13.2 Å². The predicted molar refractivity (Wildman–Crippen MR) is 86.9 cm³/mol. The molecular formula is C18H20O4.